The number of ether oxygens (including phenoxy) is 1. The third-order valence-electron chi connectivity index (χ3n) is 5.68. The normalized spacial score (nSPS) is 18.9. The van der Waals surface area contributed by atoms with Gasteiger partial charge in [-0.3, -0.25) is 0 Å². The summed E-state index contributed by atoms with van der Waals surface area (Å²) in [5.41, 5.74) is 1.24. The van der Waals surface area contributed by atoms with Crippen LogP contribution in [0.4, 0.5) is 0 Å². The second-order valence-electron chi connectivity index (χ2n) is 7.58. The average molecular weight is 355 g/mol. The van der Waals surface area contributed by atoms with Gasteiger partial charge < -0.3 is 14.7 Å². The number of rotatable bonds is 7. The molecule has 2 aromatic carbocycles. The lowest BCUT2D eigenvalue weighted by molar-refractivity contribution is -0.907. The summed E-state index contributed by atoms with van der Waals surface area (Å²) >= 11 is 0. The maximum atomic E-state index is 11.6. The van der Waals surface area contributed by atoms with E-state index in [4.69, 9.17) is 4.74 Å². The fourth-order valence-corrected chi connectivity index (χ4v) is 4.13. The summed E-state index contributed by atoms with van der Waals surface area (Å²) in [5.74, 6) is 0.916. The SMILES string of the molecule is CCOc1ccc(C(C)(O)C(C[NH+]2CCCCC2)c2ccccc2)cc1. The van der Waals surface area contributed by atoms with Crippen molar-refractivity contribution in [1.82, 2.24) is 0 Å². The lowest BCUT2D eigenvalue weighted by atomic mass is 9.78. The van der Waals surface area contributed by atoms with Gasteiger partial charge in [0.25, 0.3) is 0 Å². The summed E-state index contributed by atoms with van der Waals surface area (Å²) in [7, 11) is 0. The van der Waals surface area contributed by atoms with E-state index in [1.54, 1.807) is 4.90 Å². The summed E-state index contributed by atoms with van der Waals surface area (Å²) in [6, 6.07) is 18.4. The molecule has 0 aromatic heterocycles. The molecular formula is C23H32NO2+. The Bertz CT molecular complexity index is 660. The van der Waals surface area contributed by atoms with Gasteiger partial charge in [-0.2, -0.15) is 0 Å². The fourth-order valence-electron chi connectivity index (χ4n) is 4.13. The Labute approximate surface area is 157 Å². The van der Waals surface area contributed by atoms with E-state index in [0.717, 1.165) is 17.9 Å². The largest absolute Gasteiger partial charge is 0.494 e. The zero-order chi connectivity index (χ0) is 18.4. The molecule has 2 aromatic rings. The first-order valence-corrected chi connectivity index (χ1v) is 9.95. The smallest absolute Gasteiger partial charge is 0.119 e. The van der Waals surface area contributed by atoms with Gasteiger partial charge in [0, 0.05) is 0 Å². The number of piperidine rings is 1. The average Bonchev–Trinajstić information content (AvgIpc) is 2.68. The molecule has 2 unspecified atom stereocenters. The number of quaternary nitrogens is 1. The van der Waals surface area contributed by atoms with Crippen molar-refractivity contribution in [3.8, 4) is 5.75 Å². The third kappa shape index (κ3) is 4.46. The first-order valence-electron chi connectivity index (χ1n) is 9.95. The predicted molar refractivity (Wildman–Crippen MR) is 106 cm³/mol. The van der Waals surface area contributed by atoms with Gasteiger partial charge in [-0.15, -0.1) is 0 Å². The van der Waals surface area contributed by atoms with Crippen LogP contribution in [0, 0.1) is 0 Å². The van der Waals surface area contributed by atoms with Gasteiger partial charge >= 0.3 is 0 Å². The summed E-state index contributed by atoms with van der Waals surface area (Å²) in [4.78, 5) is 1.61. The number of hydrogen-bond acceptors (Lipinski definition) is 2. The lowest BCUT2D eigenvalue weighted by Crippen LogP contribution is -3.13. The molecule has 0 aliphatic carbocycles. The van der Waals surface area contributed by atoms with Crippen molar-refractivity contribution in [2.24, 2.45) is 0 Å². The Morgan fingerprint density at radius 2 is 1.65 bits per heavy atom. The van der Waals surface area contributed by atoms with E-state index in [9.17, 15) is 5.11 Å². The molecule has 2 N–H and O–H groups in total. The number of aliphatic hydroxyl groups is 1. The third-order valence-corrected chi connectivity index (χ3v) is 5.68. The first kappa shape index (κ1) is 18.9. The molecule has 26 heavy (non-hydrogen) atoms. The highest BCUT2D eigenvalue weighted by Gasteiger charge is 2.38. The standard InChI is InChI=1S/C23H31NO2/c1-3-26-21-14-12-20(13-15-21)23(2,25)22(19-10-6-4-7-11-19)18-24-16-8-5-9-17-24/h4,6-7,10-15,22,25H,3,5,8-9,16-18H2,1-2H3/p+1. The van der Waals surface area contributed by atoms with Crippen LogP contribution in [0.3, 0.4) is 0 Å². The molecule has 0 radical (unpaired) electrons. The maximum absolute atomic E-state index is 11.6. The highest BCUT2D eigenvalue weighted by molar-refractivity contribution is 5.34. The zero-order valence-corrected chi connectivity index (χ0v) is 16.1. The van der Waals surface area contributed by atoms with Gasteiger partial charge in [0.15, 0.2) is 0 Å². The summed E-state index contributed by atoms with van der Waals surface area (Å²) in [6.07, 6.45) is 3.93. The number of likely N-dealkylation sites (tertiary alicyclic amines) is 1. The van der Waals surface area contributed by atoms with Crippen LogP contribution in [0.1, 0.15) is 50.2 Å². The van der Waals surface area contributed by atoms with Crippen molar-refractivity contribution >= 4 is 0 Å². The molecule has 1 aliphatic rings. The highest BCUT2D eigenvalue weighted by Crippen LogP contribution is 2.36. The van der Waals surface area contributed by atoms with E-state index in [2.05, 4.69) is 24.3 Å². The lowest BCUT2D eigenvalue weighted by Gasteiger charge is -2.36. The van der Waals surface area contributed by atoms with Crippen molar-refractivity contribution < 1.29 is 14.7 Å². The molecule has 1 saturated heterocycles. The van der Waals surface area contributed by atoms with E-state index in [1.807, 2.05) is 44.2 Å². The van der Waals surface area contributed by atoms with Gasteiger partial charge in [0.2, 0.25) is 0 Å². The molecule has 140 valence electrons. The van der Waals surface area contributed by atoms with Crippen LogP contribution in [-0.4, -0.2) is 31.3 Å². The molecule has 3 rings (SSSR count). The van der Waals surface area contributed by atoms with Gasteiger partial charge in [-0.05, 0) is 56.4 Å². The van der Waals surface area contributed by atoms with Crippen LogP contribution in [-0.2, 0) is 5.60 Å². The number of benzene rings is 2. The van der Waals surface area contributed by atoms with Crippen LogP contribution in [0.25, 0.3) is 0 Å². The second-order valence-corrected chi connectivity index (χ2v) is 7.58. The second kappa shape index (κ2) is 8.70. The number of hydrogen-bond donors (Lipinski definition) is 2. The van der Waals surface area contributed by atoms with Crippen molar-refractivity contribution in [2.75, 3.05) is 26.2 Å². The van der Waals surface area contributed by atoms with Gasteiger partial charge in [0.05, 0.1) is 37.8 Å². The topological polar surface area (TPSA) is 33.9 Å². The number of nitrogens with one attached hydrogen (secondary N) is 1. The van der Waals surface area contributed by atoms with Crippen LogP contribution < -0.4 is 9.64 Å². The van der Waals surface area contributed by atoms with E-state index in [-0.39, 0.29) is 5.92 Å². The van der Waals surface area contributed by atoms with Crippen LogP contribution in [0.2, 0.25) is 0 Å². The predicted octanol–water partition coefficient (Wildman–Crippen LogP) is 3.15. The molecule has 0 saturated carbocycles. The maximum Gasteiger partial charge on any atom is 0.119 e. The molecule has 0 spiro atoms. The Morgan fingerprint density at radius 1 is 1.00 bits per heavy atom. The Morgan fingerprint density at radius 3 is 2.27 bits per heavy atom. The molecule has 1 fully saturated rings. The molecule has 3 heteroatoms. The Hall–Kier alpha value is -1.84. The molecule has 0 bridgehead atoms. The van der Waals surface area contributed by atoms with Gasteiger partial charge in [0.1, 0.15) is 5.75 Å². The summed E-state index contributed by atoms with van der Waals surface area (Å²) < 4.78 is 5.55. The van der Waals surface area contributed by atoms with Crippen molar-refractivity contribution in [2.45, 2.75) is 44.6 Å². The fraction of sp³-hybridized carbons (Fsp3) is 0.478. The van der Waals surface area contributed by atoms with Crippen molar-refractivity contribution in [1.29, 1.82) is 0 Å². The van der Waals surface area contributed by atoms with E-state index in [1.165, 1.54) is 37.9 Å². The molecule has 3 nitrogen and oxygen atoms in total. The van der Waals surface area contributed by atoms with Crippen molar-refractivity contribution in [3.05, 3.63) is 65.7 Å². The summed E-state index contributed by atoms with van der Waals surface area (Å²) in [6.45, 7) is 7.98. The van der Waals surface area contributed by atoms with Crippen molar-refractivity contribution in [3.63, 3.8) is 0 Å². The zero-order valence-electron chi connectivity index (χ0n) is 16.1. The Balaban J connectivity index is 1.88. The van der Waals surface area contributed by atoms with E-state index < -0.39 is 5.60 Å². The van der Waals surface area contributed by atoms with E-state index in [0.29, 0.717) is 6.61 Å². The van der Waals surface area contributed by atoms with Crippen LogP contribution in [0.5, 0.6) is 5.75 Å². The minimum absolute atomic E-state index is 0.0646. The minimum Gasteiger partial charge on any atom is -0.494 e. The summed E-state index contributed by atoms with van der Waals surface area (Å²) in [5, 5.41) is 11.6. The highest BCUT2D eigenvalue weighted by atomic mass is 16.5. The molecule has 0 amide bonds. The molecular weight excluding hydrogens is 322 g/mol. The van der Waals surface area contributed by atoms with Crippen LogP contribution in [0.15, 0.2) is 54.6 Å². The van der Waals surface area contributed by atoms with Gasteiger partial charge in [-0.1, -0.05) is 42.5 Å². The Kier molecular flexibility index (Phi) is 6.33. The molecule has 1 aliphatic heterocycles. The molecule has 2 atom stereocenters. The quantitative estimate of drug-likeness (QED) is 0.801. The first-order chi connectivity index (χ1) is 12.6. The molecule has 1 heterocycles. The van der Waals surface area contributed by atoms with Gasteiger partial charge in [-0.25, -0.2) is 0 Å². The monoisotopic (exact) mass is 354 g/mol. The van der Waals surface area contributed by atoms with Crippen LogP contribution >= 0.6 is 0 Å². The minimum atomic E-state index is -0.920. The van der Waals surface area contributed by atoms with E-state index >= 15 is 0 Å².